The van der Waals surface area contributed by atoms with E-state index in [2.05, 4.69) is 44.8 Å². The number of ether oxygens (including phenoxy) is 2. The van der Waals surface area contributed by atoms with Gasteiger partial charge in [-0.1, -0.05) is 31.4 Å². The van der Waals surface area contributed by atoms with Crippen molar-refractivity contribution in [3.63, 3.8) is 0 Å². The van der Waals surface area contributed by atoms with Crippen molar-refractivity contribution < 1.29 is 14.8 Å². The van der Waals surface area contributed by atoms with Gasteiger partial charge in [0.05, 0.1) is 24.9 Å². The van der Waals surface area contributed by atoms with Crippen LogP contribution in [0.2, 0.25) is 0 Å². The zero-order chi connectivity index (χ0) is 21.9. The summed E-state index contributed by atoms with van der Waals surface area (Å²) in [5, 5.41) is 5.97. The number of nitrogens with zero attached hydrogens (tertiary/aromatic N) is 3. The lowest BCUT2D eigenvalue weighted by molar-refractivity contribution is -0.698. The van der Waals surface area contributed by atoms with E-state index in [4.69, 9.17) is 14.5 Å². The summed E-state index contributed by atoms with van der Waals surface area (Å²) in [6, 6.07) is 10.8. The van der Waals surface area contributed by atoms with E-state index in [1.807, 2.05) is 26.4 Å². The molecule has 5 rings (SSSR count). The zero-order valence-electron chi connectivity index (χ0n) is 19.2. The molecule has 4 atom stereocenters. The standard InChI is InChI=1S/C25H35N5O2/c1-30(2)19-10-8-18(9-11-19)20-12-13-26-25(28-20)29-22-16-32-23-21(15-31-24(22)23)27-14-17-6-4-3-5-7-17/h8-13,17,21-24,27H,3-7,14-16H2,1-2H3,(H,26,28,29)/p+1/t21-,22-,23+,24+/m0/s1. The number of hydrogen-bond donors (Lipinski definition) is 2. The zero-order valence-corrected chi connectivity index (χ0v) is 19.2. The smallest absolute Gasteiger partial charge is 0.223 e. The lowest BCUT2D eigenvalue weighted by Crippen LogP contribution is -2.93. The van der Waals surface area contributed by atoms with E-state index in [9.17, 15) is 0 Å². The number of quaternary nitrogens is 1. The molecule has 1 saturated carbocycles. The van der Waals surface area contributed by atoms with Crippen LogP contribution in [0, 0.1) is 5.92 Å². The Morgan fingerprint density at radius 3 is 2.56 bits per heavy atom. The van der Waals surface area contributed by atoms with Crippen molar-refractivity contribution in [1.82, 2.24) is 9.97 Å². The molecule has 0 unspecified atom stereocenters. The number of nitrogens with two attached hydrogens (primary N) is 1. The summed E-state index contributed by atoms with van der Waals surface area (Å²) in [7, 11) is 4.09. The third-order valence-corrected chi connectivity index (χ3v) is 7.24. The van der Waals surface area contributed by atoms with Crippen LogP contribution < -0.4 is 15.5 Å². The summed E-state index contributed by atoms with van der Waals surface area (Å²) >= 11 is 0. The second-order valence-corrected chi connectivity index (χ2v) is 9.69. The van der Waals surface area contributed by atoms with E-state index in [0.717, 1.165) is 23.8 Å². The molecule has 7 heteroatoms. The van der Waals surface area contributed by atoms with Crippen LogP contribution in [0.15, 0.2) is 36.5 Å². The van der Waals surface area contributed by atoms with Crippen molar-refractivity contribution in [2.24, 2.45) is 5.92 Å². The number of anilines is 2. The van der Waals surface area contributed by atoms with Crippen molar-refractivity contribution in [3.8, 4) is 11.3 Å². The predicted molar refractivity (Wildman–Crippen MR) is 126 cm³/mol. The molecule has 3 fully saturated rings. The maximum absolute atomic E-state index is 6.19. The second-order valence-electron chi connectivity index (χ2n) is 9.69. The lowest BCUT2D eigenvalue weighted by atomic mass is 9.89. The van der Waals surface area contributed by atoms with E-state index >= 15 is 0 Å². The van der Waals surface area contributed by atoms with E-state index in [0.29, 0.717) is 18.6 Å². The largest absolute Gasteiger partial charge is 0.378 e. The van der Waals surface area contributed by atoms with Gasteiger partial charge in [-0.05, 0) is 31.0 Å². The second kappa shape index (κ2) is 9.73. The van der Waals surface area contributed by atoms with Crippen LogP contribution in [-0.4, -0.2) is 68.1 Å². The highest BCUT2D eigenvalue weighted by Crippen LogP contribution is 2.28. The van der Waals surface area contributed by atoms with E-state index in [1.54, 1.807) is 0 Å². The van der Waals surface area contributed by atoms with Gasteiger partial charge < -0.3 is 25.0 Å². The number of nitrogens with one attached hydrogen (secondary N) is 1. The molecule has 3 aliphatic rings. The van der Waals surface area contributed by atoms with Gasteiger partial charge in [0.2, 0.25) is 5.95 Å². The summed E-state index contributed by atoms with van der Waals surface area (Å²) in [6.07, 6.45) is 9.00. The molecule has 7 nitrogen and oxygen atoms in total. The van der Waals surface area contributed by atoms with Gasteiger partial charge in [0.15, 0.2) is 0 Å². The molecular formula is C25H36N5O2+. The molecule has 1 aromatic carbocycles. The fourth-order valence-electron chi connectivity index (χ4n) is 5.33. The van der Waals surface area contributed by atoms with Crippen LogP contribution in [0.1, 0.15) is 32.1 Å². The van der Waals surface area contributed by atoms with Gasteiger partial charge >= 0.3 is 0 Å². The molecular weight excluding hydrogens is 402 g/mol. The molecule has 0 bridgehead atoms. The first-order valence-corrected chi connectivity index (χ1v) is 12.1. The van der Waals surface area contributed by atoms with E-state index in [1.165, 1.54) is 44.3 Å². The summed E-state index contributed by atoms with van der Waals surface area (Å²) in [5.41, 5.74) is 3.16. The molecule has 3 N–H and O–H groups in total. The topological polar surface area (TPSA) is 76.1 Å². The molecule has 0 amide bonds. The van der Waals surface area contributed by atoms with Gasteiger partial charge in [0.25, 0.3) is 0 Å². The predicted octanol–water partition coefficient (Wildman–Crippen LogP) is 2.30. The molecule has 1 aromatic heterocycles. The number of fused-ring (bicyclic) bond motifs is 1. The van der Waals surface area contributed by atoms with Crippen LogP contribution in [0.25, 0.3) is 11.3 Å². The summed E-state index contributed by atoms with van der Waals surface area (Å²) in [6.45, 7) is 2.60. The average Bonchev–Trinajstić information content (AvgIpc) is 3.42. The third-order valence-electron chi connectivity index (χ3n) is 7.24. The Hall–Kier alpha value is -2.22. The molecule has 32 heavy (non-hydrogen) atoms. The maximum Gasteiger partial charge on any atom is 0.223 e. The normalized spacial score (nSPS) is 27.9. The van der Waals surface area contributed by atoms with Crippen LogP contribution >= 0.6 is 0 Å². The van der Waals surface area contributed by atoms with Gasteiger partial charge in [-0.15, -0.1) is 0 Å². The highest BCUT2D eigenvalue weighted by molar-refractivity contribution is 5.63. The van der Waals surface area contributed by atoms with Crippen molar-refractivity contribution in [2.45, 2.75) is 56.4 Å². The summed E-state index contributed by atoms with van der Waals surface area (Å²) < 4.78 is 12.4. The number of aromatic nitrogens is 2. The molecule has 2 aromatic rings. The van der Waals surface area contributed by atoms with Crippen molar-refractivity contribution in [1.29, 1.82) is 0 Å². The number of rotatable bonds is 7. The molecule has 1 aliphatic carbocycles. The van der Waals surface area contributed by atoms with Crippen LogP contribution in [0.3, 0.4) is 0 Å². The summed E-state index contributed by atoms with van der Waals surface area (Å²) in [5.74, 6) is 1.49. The monoisotopic (exact) mass is 438 g/mol. The van der Waals surface area contributed by atoms with Crippen molar-refractivity contribution in [2.75, 3.05) is 44.1 Å². The Bertz CT molecular complexity index is 884. The number of hydrogen-bond acceptors (Lipinski definition) is 6. The number of benzene rings is 1. The Kier molecular flexibility index (Phi) is 6.57. The highest BCUT2D eigenvalue weighted by atomic mass is 16.6. The molecule has 0 radical (unpaired) electrons. The quantitative estimate of drug-likeness (QED) is 0.691. The lowest BCUT2D eigenvalue weighted by Gasteiger charge is -2.22. The molecule has 3 heterocycles. The Labute approximate surface area is 190 Å². The minimum absolute atomic E-state index is 0.0641. The SMILES string of the molecule is CN(C)c1ccc(-c2ccnc(N[C@H]3CO[C@H]4[C@@H]3OC[C@@H]4[NH2+]CC3CCCCC3)n2)cc1. The van der Waals surface area contributed by atoms with Gasteiger partial charge in [-0.3, -0.25) is 0 Å². The van der Waals surface area contributed by atoms with Crippen LogP contribution in [-0.2, 0) is 9.47 Å². The third kappa shape index (κ3) is 4.75. The van der Waals surface area contributed by atoms with Gasteiger partial charge in [-0.25, -0.2) is 9.97 Å². The van der Waals surface area contributed by atoms with Gasteiger partial charge in [-0.2, -0.15) is 0 Å². The molecule has 172 valence electrons. The van der Waals surface area contributed by atoms with Crippen molar-refractivity contribution >= 4 is 11.6 Å². The van der Waals surface area contributed by atoms with Crippen LogP contribution in [0.4, 0.5) is 11.6 Å². The fraction of sp³-hybridized carbons (Fsp3) is 0.600. The van der Waals surface area contributed by atoms with E-state index < -0.39 is 0 Å². The Morgan fingerprint density at radius 1 is 1.00 bits per heavy atom. The van der Waals surface area contributed by atoms with Gasteiger partial charge in [0.1, 0.15) is 24.9 Å². The highest BCUT2D eigenvalue weighted by Gasteiger charge is 2.50. The Morgan fingerprint density at radius 2 is 1.78 bits per heavy atom. The van der Waals surface area contributed by atoms with Crippen LogP contribution in [0.5, 0.6) is 0 Å². The van der Waals surface area contributed by atoms with Crippen molar-refractivity contribution in [3.05, 3.63) is 36.5 Å². The molecule has 2 saturated heterocycles. The summed E-state index contributed by atoms with van der Waals surface area (Å²) in [4.78, 5) is 11.3. The molecule has 2 aliphatic heterocycles. The average molecular weight is 439 g/mol. The van der Waals surface area contributed by atoms with E-state index in [-0.39, 0.29) is 18.2 Å². The fourth-order valence-corrected chi connectivity index (χ4v) is 5.33. The maximum atomic E-state index is 6.19. The Balaban J connectivity index is 1.19. The minimum atomic E-state index is 0.0641. The minimum Gasteiger partial charge on any atom is -0.378 e. The first kappa shape index (κ1) is 21.6. The molecule has 0 spiro atoms. The first-order chi connectivity index (χ1) is 15.7. The first-order valence-electron chi connectivity index (χ1n) is 12.1. The van der Waals surface area contributed by atoms with Gasteiger partial charge in [0, 0.05) is 37.5 Å².